The number of methoxy groups -OCH3 is 1. The van der Waals surface area contributed by atoms with Gasteiger partial charge in [-0.3, -0.25) is 4.79 Å². The second kappa shape index (κ2) is 6.05. The van der Waals surface area contributed by atoms with Crippen molar-refractivity contribution in [3.05, 3.63) is 23.3 Å². The van der Waals surface area contributed by atoms with Crippen LogP contribution in [0.1, 0.15) is 58.8 Å². The van der Waals surface area contributed by atoms with Gasteiger partial charge in [-0.25, -0.2) is 4.79 Å². The van der Waals surface area contributed by atoms with Gasteiger partial charge in [-0.2, -0.15) is 0 Å². The van der Waals surface area contributed by atoms with Crippen LogP contribution >= 0.6 is 0 Å². The van der Waals surface area contributed by atoms with Gasteiger partial charge in [0.2, 0.25) is 0 Å². The largest absolute Gasteiger partial charge is 0.466 e. The summed E-state index contributed by atoms with van der Waals surface area (Å²) < 4.78 is 4.85. The second-order valence-corrected chi connectivity index (χ2v) is 9.31. The fourth-order valence-electron chi connectivity index (χ4n) is 6.97. The number of carbonyl (C=O) groups is 2. The number of ether oxygens (including phenoxy) is 1. The van der Waals surface area contributed by atoms with Crippen LogP contribution in [0.2, 0.25) is 0 Å². The first kappa shape index (κ1) is 18.0. The minimum atomic E-state index is -0.387. The predicted molar refractivity (Wildman–Crippen MR) is 98.2 cm³/mol. The molecule has 1 N–H and O–H groups in total. The molecule has 4 aliphatic carbocycles. The lowest BCUT2D eigenvalue weighted by Gasteiger charge is -2.59. The third-order valence-electron chi connectivity index (χ3n) is 8.24. The van der Waals surface area contributed by atoms with Crippen molar-refractivity contribution in [2.45, 2.75) is 64.9 Å². The summed E-state index contributed by atoms with van der Waals surface area (Å²) >= 11 is 0. The molecule has 0 aromatic carbocycles. The summed E-state index contributed by atoms with van der Waals surface area (Å²) in [6.45, 7) is 4.51. The van der Waals surface area contributed by atoms with Crippen molar-refractivity contribution in [3.63, 3.8) is 0 Å². The normalized spacial score (nSPS) is 46.2. The first-order valence-corrected chi connectivity index (χ1v) is 10.0. The summed E-state index contributed by atoms with van der Waals surface area (Å²) in [6.07, 6.45) is 9.35. The molecule has 0 amide bonds. The van der Waals surface area contributed by atoms with Crippen LogP contribution < -0.4 is 0 Å². The first-order valence-electron chi connectivity index (χ1n) is 10.0. The SMILES string of the molecule is COC(=O)C=C1CC[C@H]2[C@@H]3CCC4=CC(=O)CC[C@]4(C)[C@H]3[C@H](O)C[C@]12C. The maximum absolute atomic E-state index is 11.9. The van der Waals surface area contributed by atoms with Gasteiger partial charge in [-0.15, -0.1) is 0 Å². The molecule has 0 radical (unpaired) electrons. The van der Waals surface area contributed by atoms with Crippen molar-refractivity contribution in [1.29, 1.82) is 0 Å². The zero-order chi connectivity index (χ0) is 18.7. The average molecular weight is 358 g/mol. The molecule has 0 heterocycles. The van der Waals surface area contributed by atoms with E-state index in [0.29, 0.717) is 24.7 Å². The van der Waals surface area contributed by atoms with Crippen LogP contribution in [0.4, 0.5) is 0 Å². The van der Waals surface area contributed by atoms with Gasteiger partial charge < -0.3 is 9.84 Å². The summed E-state index contributed by atoms with van der Waals surface area (Å²) in [5.74, 6) is 1.15. The third kappa shape index (κ3) is 2.45. The molecule has 4 aliphatic rings. The molecular weight excluding hydrogens is 328 g/mol. The maximum Gasteiger partial charge on any atom is 0.330 e. The lowest BCUT2D eigenvalue weighted by molar-refractivity contribution is -0.135. The number of esters is 1. The molecule has 0 aromatic heterocycles. The summed E-state index contributed by atoms with van der Waals surface area (Å²) in [6, 6.07) is 0. The van der Waals surface area contributed by atoms with Crippen molar-refractivity contribution in [2.24, 2.45) is 28.6 Å². The Morgan fingerprint density at radius 3 is 2.73 bits per heavy atom. The topological polar surface area (TPSA) is 63.6 Å². The molecule has 0 aliphatic heterocycles. The number of allylic oxidation sites excluding steroid dienone is 2. The van der Waals surface area contributed by atoms with Gasteiger partial charge in [-0.05, 0) is 73.2 Å². The molecule has 0 unspecified atom stereocenters. The zero-order valence-corrected chi connectivity index (χ0v) is 16.1. The van der Waals surface area contributed by atoms with Crippen LogP contribution in [0.3, 0.4) is 0 Å². The van der Waals surface area contributed by atoms with E-state index in [9.17, 15) is 14.7 Å². The lowest BCUT2D eigenvalue weighted by Crippen LogP contribution is -2.55. The fraction of sp³-hybridized carbons (Fsp3) is 0.727. The molecule has 3 saturated carbocycles. The number of aliphatic hydroxyl groups excluding tert-OH is 1. The standard InChI is InChI=1S/C22H30O4/c1-21-9-8-15(23)10-13(21)4-6-16-17-7-5-14(11-19(25)26-3)22(17,2)12-18(24)20(16)21/h10-11,16-18,20,24H,4-9,12H2,1-3H3/t16-,17-,18+,20+,21-,22+/m0/s1. The number of carbonyl (C=O) groups excluding carboxylic acids is 2. The molecule has 3 fully saturated rings. The van der Waals surface area contributed by atoms with Gasteiger partial charge >= 0.3 is 5.97 Å². The van der Waals surface area contributed by atoms with Crippen LogP contribution in [-0.4, -0.2) is 30.1 Å². The van der Waals surface area contributed by atoms with Gasteiger partial charge in [0.15, 0.2) is 5.78 Å². The number of ketones is 1. The Bertz CT molecular complexity index is 705. The van der Waals surface area contributed by atoms with E-state index in [4.69, 9.17) is 4.74 Å². The molecule has 4 heteroatoms. The monoisotopic (exact) mass is 358 g/mol. The van der Waals surface area contributed by atoms with Gasteiger partial charge in [-0.1, -0.05) is 25.0 Å². The Labute approximate surface area is 155 Å². The van der Waals surface area contributed by atoms with E-state index in [1.807, 2.05) is 6.08 Å². The molecule has 0 saturated heterocycles. The molecule has 0 bridgehead atoms. The van der Waals surface area contributed by atoms with Crippen LogP contribution in [0, 0.1) is 28.6 Å². The highest BCUT2D eigenvalue weighted by atomic mass is 16.5. The Morgan fingerprint density at radius 1 is 1.23 bits per heavy atom. The first-order chi connectivity index (χ1) is 12.3. The molecule has 0 spiro atoms. The van der Waals surface area contributed by atoms with Gasteiger partial charge in [0.25, 0.3) is 0 Å². The van der Waals surface area contributed by atoms with Crippen LogP contribution in [0.5, 0.6) is 0 Å². The molecule has 4 rings (SSSR count). The van der Waals surface area contributed by atoms with Crippen molar-refractivity contribution >= 4 is 11.8 Å². The van der Waals surface area contributed by atoms with E-state index in [1.165, 1.54) is 12.7 Å². The van der Waals surface area contributed by atoms with Gasteiger partial charge in [0.1, 0.15) is 0 Å². The smallest absolute Gasteiger partial charge is 0.330 e. The Hall–Kier alpha value is -1.42. The van der Waals surface area contributed by atoms with E-state index in [2.05, 4.69) is 13.8 Å². The lowest BCUT2D eigenvalue weighted by atomic mass is 9.46. The second-order valence-electron chi connectivity index (χ2n) is 9.31. The quantitative estimate of drug-likeness (QED) is 0.575. The van der Waals surface area contributed by atoms with Crippen molar-refractivity contribution in [2.75, 3.05) is 7.11 Å². The highest BCUT2D eigenvalue weighted by Crippen LogP contribution is 2.66. The minimum Gasteiger partial charge on any atom is -0.466 e. The van der Waals surface area contributed by atoms with E-state index in [-0.39, 0.29) is 34.6 Å². The minimum absolute atomic E-state index is 0.0492. The van der Waals surface area contributed by atoms with Crippen LogP contribution in [0.15, 0.2) is 23.3 Å². The van der Waals surface area contributed by atoms with Crippen LogP contribution in [0.25, 0.3) is 0 Å². The van der Waals surface area contributed by atoms with Gasteiger partial charge in [0, 0.05) is 12.5 Å². The number of aliphatic hydroxyl groups is 1. The third-order valence-corrected chi connectivity index (χ3v) is 8.24. The zero-order valence-electron chi connectivity index (χ0n) is 16.1. The Kier molecular flexibility index (Phi) is 4.18. The Morgan fingerprint density at radius 2 is 2.00 bits per heavy atom. The number of hydrogen-bond acceptors (Lipinski definition) is 4. The molecule has 6 atom stereocenters. The Balaban J connectivity index is 1.70. The predicted octanol–water partition coefficient (Wildman–Crippen LogP) is 3.59. The average Bonchev–Trinajstić information content (AvgIpc) is 2.91. The summed E-state index contributed by atoms with van der Waals surface area (Å²) in [5, 5.41) is 11.2. The maximum atomic E-state index is 11.9. The summed E-state index contributed by atoms with van der Waals surface area (Å²) in [4.78, 5) is 23.7. The van der Waals surface area contributed by atoms with Crippen molar-refractivity contribution in [3.8, 4) is 0 Å². The number of fused-ring (bicyclic) bond motifs is 5. The van der Waals surface area contributed by atoms with Gasteiger partial charge in [0.05, 0.1) is 13.2 Å². The van der Waals surface area contributed by atoms with E-state index >= 15 is 0 Å². The van der Waals surface area contributed by atoms with E-state index in [0.717, 1.165) is 37.7 Å². The van der Waals surface area contributed by atoms with E-state index in [1.54, 1.807) is 6.08 Å². The highest BCUT2D eigenvalue weighted by molar-refractivity contribution is 5.91. The summed E-state index contributed by atoms with van der Waals surface area (Å²) in [5.41, 5.74) is 2.25. The van der Waals surface area contributed by atoms with E-state index < -0.39 is 0 Å². The fourth-order valence-corrected chi connectivity index (χ4v) is 6.97. The van der Waals surface area contributed by atoms with Crippen LogP contribution in [-0.2, 0) is 14.3 Å². The molecule has 4 nitrogen and oxygen atoms in total. The van der Waals surface area contributed by atoms with Crippen molar-refractivity contribution in [1.82, 2.24) is 0 Å². The molecular formula is C22H30O4. The number of hydrogen-bond donors (Lipinski definition) is 1. The molecule has 142 valence electrons. The highest BCUT2D eigenvalue weighted by Gasteiger charge is 2.60. The van der Waals surface area contributed by atoms with Crippen molar-refractivity contribution < 1.29 is 19.4 Å². The summed E-state index contributed by atoms with van der Waals surface area (Å²) in [7, 11) is 1.42. The molecule has 0 aromatic rings. The number of rotatable bonds is 1. The molecule has 26 heavy (non-hydrogen) atoms.